The summed E-state index contributed by atoms with van der Waals surface area (Å²) in [5.41, 5.74) is 14.2. The molecule has 1 aliphatic rings. The molecule has 0 amide bonds. The highest BCUT2D eigenvalue weighted by atomic mass is 15.4. The van der Waals surface area contributed by atoms with Gasteiger partial charge in [-0.05, 0) is 52.9 Å². The van der Waals surface area contributed by atoms with Crippen LogP contribution in [0.3, 0.4) is 0 Å². The van der Waals surface area contributed by atoms with E-state index in [1.807, 2.05) is 30.3 Å². The molecule has 0 heterocycles. The molecule has 21 heavy (non-hydrogen) atoms. The lowest BCUT2D eigenvalue weighted by Gasteiger charge is -2.11. The van der Waals surface area contributed by atoms with Gasteiger partial charge in [-0.15, -0.1) is 0 Å². The van der Waals surface area contributed by atoms with Gasteiger partial charge in [0, 0.05) is 0 Å². The number of fused-ring (bicyclic) bond motifs is 3. The van der Waals surface area contributed by atoms with Crippen LogP contribution in [0.25, 0.3) is 11.1 Å². The first kappa shape index (κ1) is 12.0. The van der Waals surface area contributed by atoms with Gasteiger partial charge >= 0.3 is 0 Å². The molecule has 102 valence electrons. The molecule has 0 atom stereocenters. The largest absolute Gasteiger partial charge is 0.301 e. The highest BCUT2D eigenvalue weighted by Gasteiger charge is 2.17. The van der Waals surface area contributed by atoms with Crippen LogP contribution in [0.2, 0.25) is 0 Å². The first-order valence-corrected chi connectivity index (χ1v) is 7.18. The Kier molecular flexibility index (Phi) is 2.86. The van der Waals surface area contributed by atoms with Crippen molar-refractivity contribution >= 4 is 11.4 Å². The van der Waals surface area contributed by atoms with Crippen molar-refractivity contribution in [2.24, 2.45) is 0 Å². The molecule has 0 bridgehead atoms. The zero-order chi connectivity index (χ0) is 14.1. The smallest absolute Gasteiger partial charge is 0.0543 e. The fourth-order valence-electron chi connectivity index (χ4n) is 2.89. The van der Waals surface area contributed by atoms with E-state index >= 15 is 0 Å². The van der Waals surface area contributed by atoms with Gasteiger partial charge in [-0.1, -0.05) is 48.5 Å². The van der Waals surface area contributed by atoms with Crippen LogP contribution in [0.15, 0.2) is 72.8 Å². The van der Waals surface area contributed by atoms with Crippen molar-refractivity contribution in [1.82, 2.24) is 0 Å². The molecular formula is C19H16N2. The van der Waals surface area contributed by atoms with Crippen LogP contribution in [-0.4, -0.2) is 0 Å². The Hall–Kier alpha value is -2.74. The van der Waals surface area contributed by atoms with E-state index in [0.717, 1.165) is 17.8 Å². The average molecular weight is 272 g/mol. The van der Waals surface area contributed by atoms with E-state index in [2.05, 4.69) is 53.3 Å². The minimum Gasteiger partial charge on any atom is -0.301 e. The molecular weight excluding hydrogens is 256 g/mol. The monoisotopic (exact) mass is 272 g/mol. The summed E-state index contributed by atoms with van der Waals surface area (Å²) in [5, 5.41) is 0. The number of anilines is 2. The fraction of sp³-hybridized carbons (Fsp3) is 0.0526. The van der Waals surface area contributed by atoms with Crippen molar-refractivity contribution in [3.05, 3.63) is 83.9 Å². The molecule has 0 spiro atoms. The summed E-state index contributed by atoms with van der Waals surface area (Å²) in [6, 6.07) is 25.3. The SMILES string of the molecule is c1ccc(NNc2ccc3c(c2)Cc2ccccc2-3)cc1. The number of benzene rings is 3. The van der Waals surface area contributed by atoms with Crippen molar-refractivity contribution in [2.75, 3.05) is 10.9 Å². The Morgan fingerprint density at radius 2 is 1.29 bits per heavy atom. The molecule has 2 N–H and O–H groups in total. The summed E-state index contributed by atoms with van der Waals surface area (Å²) >= 11 is 0. The second-order valence-corrected chi connectivity index (χ2v) is 5.32. The van der Waals surface area contributed by atoms with Crippen LogP contribution in [0.5, 0.6) is 0 Å². The molecule has 2 heteroatoms. The first-order chi connectivity index (χ1) is 10.4. The molecule has 1 aliphatic carbocycles. The Morgan fingerprint density at radius 3 is 2.19 bits per heavy atom. The maximum atomic E-state index is 3.27. The van der Waals surface area contributed by atoms with E-state index in [9.17, 15) is 0 Å². The molecule has 0 aliphatic heterocycles. The van der Waals surface area contributed by atoms with Crippen molar-refractivity contribution in [1.29, 1.82) is 0 Å². The van der Waals surface area contributed by atoms with Crippen LogP contribution in [0, 0.1) is 0 Å². The van der Waals surface area contributed by atoms with Crippen LogP contribution in [0.4, 0.5) is 11.4 Å². The van der Waals surface area contributed by atoms with E-state index < -0.39 is 0 Å². The van der Waals surface area contributed by atoms with E-state index in [0.29, 0.717) is 0 Å². The zero-order valence-electron chi connectivity index (χ0n) is 11.6. The number of hydrazine groups is 1. The van der Waals surface area contributed by atoms with Gasteiger partial charge in [-0.2, -0.15) is 0 Å². The topological polar surface area (TPSA) is 24.1 Å². The van der Waals surface area contributed by atoms with E-state index in [4.69, 9.17) is 0 Å². The predicted octanol–water partition coefficient (Wildman–Crippen LogP) is 4.70. The summed E-state index contributed by atoms with van der Waals surface area (Å²) in [6.07, 6.45) is 1.02. The molecule has 3 aromatic rings. The normalized spacial score (nSPS) is 11.6. The molecule has 0 radical (unpaired) electrons. The second-order valence-electron chi connectivity index (χ2n) is 5.32. The van der Waals surface area contributed by atoms with Gasteiger partial charge in [-0.25, -0.2) is 0 Å². The average Bonchev–Trinajstić information content (AvgIpc) is 2.91. The van der Waals surface area contributed by atoms with Crippen LogP contribution in [-0.2, 0) is 6.42 Å². The van der Waals surface area contributed by atoms with Gasteiger partial charge in [0.1, 0.15) is 0 Å². The molecule has 0 saturated carbocycles. The standard InChI is InChI=1S/C19H16N2/c1-2-7-16(8-3-1)20-21-17-10-11-19-15(13-17)12-14-6-4-5-9-18(14)19/h1-11,13,20-21H,12H2. The Bertz CT molecular complexity index is 779. The van der Waals surface area contributed by atoms with Gasteiger partial charge in [0.25, 0.3) is 0 Å². The molecule has 4 rings (SSSR count). The van der Waals surface area contributed by atoms with Crippen molar-refractivity contribution in [3.8, 4) is 11.1 Å². The van der Waals surface area contributed by atoms with Crippen LogP contribution in [0.1, 0.15) is 11.1 Å². The lowest BCUT2D eigenvalue weighted by atomic mass is 10.1. The Labute approximate surface area is 124 Å². The highest BCUT2D eigenvalue weighted by molar-refractivity contribution is 5.78. The van der Waals surface area contributed by atoms with E-state index in [-0.39, 0.29) is 0 Å². The van der Waals surface area contributed by atoms with Crippen molar-refractivity contribution in [3.63, 3.8) is 0 Å². The summed E-state index contributed by atoms with van der Waals surface area (Å²) in [6.45, 7) is 0. The second kappa shape index (κ2) is 4.98. The van der Waals surface area contributed by atoms with E-state index in [1.54, 1.807) is 0 Å². The highest BCUT2D eigenvalue weighted by Crippen LogP contribution is 2.37. The fourth-order valence-corrected chi connectivity index (χ4v) is 2.89. The number of para-hydroxylation sites is 1. The van der Waals surface area contributed by atoms with Crippen molar-refractivity contribution in [2.45, 2.75) is 6.42 Å². The van der Waals surface area contributed by atoms with E-state index in [1.165, 1.54) is 22.3 Å². The minimum absolute atomic E-state index is 1.02. The van der Waals surface area contributed by atoms with Gasteiger partial charge in [0.2, 0.25) is 0 Å². The van der Waals surface area contributed by atoms with Crippen LogP contribution >= 0.6 is 0 Å². The number of nitrogens with one attached hydrogen (secondary N) is 2. The number of hydrogen-bond donors (Lipinski definition) is 2. The van der Waals surface area contributed by atoms with Gasteiger partial charge in [-0.3, -0.25) is 0 Å². The summed E-state index contributed by atoms with van der Waals surface area (Å²) in [7, 11) is 0. The lowest BCUT2D eigenvalue weighted by Crippen LogP contribution is -2.08. The predicted molar refractivity (Wildman–Crippen MR) is 88.4 cm³/mol. The lowest BCUT2D eigenvalue weighted by molar-refractivity contribution is 1.26. The van der Waals surface area contributed by atoms with Crippen molar-refractivity contribution < 1.29 is 0 Å². The molecule has 3 aromatic carbocycles. The number of hydrogen-bond acceptors (Lipinski definition) is 2. The van der Waals surface area contributed by atoms with Gasteiger partial charge in [0.15, 0.2) is 0 Å². The maximum Gasteiger partial charge on any atom is 0.0543 e. The molecule has 0 unspecified atom stereocenters. The third-order valence-electron chi connectivity index (χ3n) is 3.92. The molecule has 2 nitrogen and oxygen atoms in total. The van der Waals surface area contributed by atoms with Crippen LogP contribution < -0.4 is 10.9 Å². The third-order valence-corrected chi connectivity index (χ3v) is 3.92. The minimum atomic E-state index is 1.02. The quantitative estimate of drug-likeness (QED) is 0.528. The molecule has 0 fully saturated rings. The number of rotatable bonds is 3. The summed E-state index contributed by atoms with van der Waals surface area (Å²) < 4.78 is 0. The summed E-state index contributed by atoms with van der Waals surface area (Å²) in [4.78, 5) is 0. The Morgan fingerprint density at radius 1 is 0.571 bits per heavy atom. The Balaban J connectivity index is 1.56. The van der Waals surface area contributed by atoms with Gasteiger partial charge < -0.3 is 10.9 Å². The summed E-state index contributed by atoms with van der Waals surface area (Å²) in [5.74, 6) is 0. The molecule has 0 saturated heterocycles. The first-order valence-electron chi connectivity index (χ1n) is 7.18. The third kappa shape index (κ3) is 2.25. The molecule has 0 aromatic heterocycles. The maximum absolute atomic E-state index is 3.27. The zero-order valence-corrected chi connectivity index (χ0v) is 11.6. The van der Waals surface area contributed by atoms with Gasteiger partial charge in [0.05, 0.1) is 11.4 Å².